The fourth-order valence-corrected chi connectivity index (χ4v) is 3.60. The minimum absolute atomic E-state index is 0.0544. The molecule has 0 saturated heterocycles. The van der Waals surface area contributed by atoms with Gasteiger partial charge < -0.3 is 31.6 Å². The van der Waals surface area contributed by atoms with Gasteiger partial charge in [0.1, 0.15) is 12.1 Å². The van der Waals surface area contributed by atoms with Crippen LogP contribution in [0.1, 0.15) is 44.7 Å². The number of carbonyl (C=O) groups is 6. The highest BCUT2D eigenvalue weighted by Gasteiger charge is 2.30. The first kappa shape index (κ1) is 26.2. The number of carbonyl (C=O) groups excluding carboxylic acids is 6. The first-order valence-electron chi connectivity index (χ1n) is 10.7. The number of rotatable bonds is 8. The molecule has 2 atom stereocenters. The van der Waals surface area contributed by atoms with E-state index in [1.54, 1.807) is 0 Å². The molecule has 3 rings (SSSR count). The number of nitrogens with two attached hydrogens (primary N) is 2. The van der Waals surface area contributed by atoms with E-state index in [-0.39, 0.29) is 46.5 Å². The third-order valence-corrected chi connectivity index (χ3v) is 5.40. The average molecular weight is 496 g/mol. The fourth-order valence-electron chi connectivity index (χ4n) is 3.60. The Balaban J connectivity index is 1.79. The number of benzene rings is 2. The number of methoxy groups -OCH3 is 2. The lowest BCUT2D eigenvalue weighted by atomic mass is 9.83. The second kappa shape index (κ2) is 10.9. The Morgan fingerprint density at radius 1 is 0.694 bits per heavy atom. The summed E-state index contributed by atoms with van der Waals surface area (Å²) in [7, 11) is 2.30. The summed E-state index contributed by atoms with van der Waals surface area (Å²) in [6.45, 7) is 0. The van der Waals surface area contributed by atoms with E-state index < -0.39 is 47.4 Å². The van der Waals surface area contributed by atoms with E-state index in [4.69, 9.17) is 11.5 Å². The van der Waals surface area contributed by atoms with E-state index >= 15 is 0 Å². The summed E-state index contributed by atoms with van der Waals surface area (Å²) in [4.78, 5) is 73.4. The second-order valence-corrected chi connectivity index (χ2v) is 7.94. The number of nitrogens with one attached hydrogen (secondary N) is 2. The summed E-state index contributed by atoms with van der Waals surface area (Å²) >= 11 is 0. The van der Waals surface area contributed by atoms with Gasteiger partial charge in [-0.05, 0) is 36.4 Å². The molecule has 188 valence electrons. The van der Waals surface area contributed by atoms with Crippen LogP contribution in [0.5, 0.6) is 0 Å². The van der Waals surface area contributed by atoms with E-state index in [1.807, 2.05) is 0 Å². The quantitative estimate of drug-likeness (QED) is 0.311. The summed E-state index contributed by atoms with van der Waals surface area (Å²) in [6.07, 6.45) is -0.690. The van der Waals surface area contributed by atoms with Gasteiger partial charge in [0.15, 0.2) is 11.6 Å². The SMILES string of the molecule is COC(=O)C(N)CC(=O)Nc1ccc2c(c1)C(=O)c1cc(NC(=O)CC(N)C(=O)OC)ccc1C2=O. The van der Waals surface area contributed by atoms with Crippen LogP contribution in [0, 0.1) is 0 Å². The zero-order chi connectivity index (χ0) is 26.6. The van der Waals surface area contributed by atoms with Gasteiger partial charge in [-0.15, -0.1) is 0 Å². The van der Waals surface area contributed by atoms with Gasteiger partial charge in [-0.25, -0.2) is 0 Å². The molecule has 1 aliphatic carbocycles. The van der Waals surface area contributed by atoms with Crippen molar-refractivity contribution in [2.45, 2.75) is 24.9 Å². The molecular formula is C24H24N4O8. The highest BCUT2D eigenvalue weighted by atomic mass is 16.5. The Morgan fingerprint density at radius 2 is 1.06 bits per heavy atom. The van der Waals surface area contributed by atoms with Gasteiger partial charge in [0.2, 0.25) is 11.8 Å². The molecule has 2 aromatic rings. The second-order valence-electron chi connectivity index (χ2n) is 7.94. The maximum Gasteiger partial charge on any atom is 0.323 e. The molecule has 12 heteroatoms. The first-order valence-corrected chi connectivity index (χ1v) is 10.7. The molecule has 36 heavy (non-hydrogen) atoms. The first-order chi connectivity index (χ1) is 17.0. The number of hydrogen-bond acceptors (Lipinski definition) is 10. The van der Waals surface area contributed by atoms with E-state index in [0.717, 1.165) is 14.2 Å². The van der Waals surface area contributed by atoms with Gasteiger partial charge in [-0.1, -0.05) is 0 Å². The summed E-state index contributed by atoms with van der Waals surface area (Å²) in [6, 6.07) is 6.13. The van der Waals surface area contributed by atoms with Gasteiger partial charge in [-0.3, -0.25) is 28.8 Å². The van der Waals surface area contributed by atoms with E-state index in [1.165, 1.54) is 36.4 Å². The molecule has 0 aromatic heterocycles. The van der Waals surface area contributed by atoms with Crippen LogP contribution in [0.4, 0.5) is 11.4 Å². The molecule has 0 radical (unpaired) electrons. The highest BCUT2D eigenvalue weighted by molar-refractivity contribution is 6.29. The number of fused-ring (bicyclic) bond motifs is 2. The van der Waals surface area contributed by atoms with Gasteiger partial charge in [-0.2, -0.15) is 0 Å². The van der Waals surface area contributed by atoms with Crippen molar-refractivity contribution in [3.8, 4) is 0 Å². The number of esters is 2. The Morgan fingerprint density at radius 3 is 1.42 bits per heavy atom. The monoisotopic (exact) mass is 496 g/mol. The minimum Gasteiger partial charge on any atom is -0.468 e. The van der Waals surface area contributed by atoms with Gasteiger partial charge >= 0.3 is 11.9 Å². The van der Waals surface area contributed by atoms with Crippen LogP contribution in [0.15, 0.2) is 36.4 Å². The van der Waals surface area contributed by atoms with Crippen molar-refractivity contribution >= 4 is 46.7 Å². The van der Waals surface area contributed by atoms with Crippen molar-refractivity contribution in [1.82, 2.24) is 0 Å². The third kappa shape index (κ3) is 5.62. The van der Waals surface area contributed by atoms with Crippen LogP contribution < -0.4 is 22.1 Å². The maximum atomic E-state index is 13.2. The molecule has 2 unspecified atom stereocenters. The molecule has 0 spiro atoms. The van der Waals surface area contributed by atoms with Crippen LogP contribution in [-0.4, -0.2) is 61.6 Å². The normalized spacial score (nSPS) is 13.6. The summed E-state index contributed by atoms with van der Waals surface area (Å²) in [5, 5.41) is 5.07. The van der Waals surface area contributed by atoms with Crippen molar-refractivity contribution in [3.05, 3.63) is 58.7 Å². The molecule has 2 aromatic carbocycles. The van der Waals surface area contributed by atoms with Crippen molar-refractivity contribution in [1.29, 1.82) is 0 Å². The van der Waals surface area contributed by atoms with Crippen molar-refractivity contribution in [2.75, 3.05) is 24.9 Å². The number of ether oxygens (including phenoxy) is 2. The molecule has 0 aliphatic heterocycles. The number of hydrogen-bond donors (Lipinski definition) is 4. The lowest BCUT2D eigenvalue weighted by Gasteiger charge is -2.19. The Labute approximate surface area is 205 Å². The Hall–Kier alpha value is -4.42. The smallest absolute Gasteiger partial charge is 0.323 e. The Bertz CT molecular complexity index is 1180. The molecule has 1 aliphatic rings. The zero-order valence-corrected chi connectivity index (χ0v) is 19.5. The third-order valence-electron chi connectivity index (χ3n) is 5.40. The van der Waals surface area contributed by atoms with Crippen molar-refractivity contribution in [2.24, 2.45) is 11.5 Å². The minimum atomic E-state index is -1.15. The van der Waals surface area contributed by atoms with Crippen LogP contribution >= 0.6 is 0 Å². The highest BCUT2D eigenvalue weighted by Crippen LogP contribution is 2.31. The van der Waals surface area contributed by atoms with Gasteiger partial charge in [0.05, 0.1) is 27.1 Å². The summed E-state index contributed by atoms with van der Waals surface area (Å²) in [5.74, 6) is -3.57. The van der Waals surface area contributed by atoms with Crippen molar-refractivity contribution < 1.29 is 38.2 Å². The average Bonchev–Trinajstić information content (AvgIpc) is 2.85. The van der Waals surface area contributed by atoms with E-state index in [2.05, 4.69) is 20.1 Å². The molecule has 12 nitrogen and oxygen atoms in total. The van der Waals surface area contributed by atoms with Crippen LogP contribution in [0.25, 0.3) is 0 Å². The lowest BCUT2D eigenvalue weighted by molar-refractivity contribution is -0.143. The fraction of sp³-hybridized carbons (Fsp3) is 0.250. The van der Waals surface area contributed by atoms with Crippen LogP contribution in [-0.2, 0) is 28.7 Å². The number of amides is 2. The van der Waals surface area contributed by atoms with Crippen LogP contribution in [0.3, 0.4) is 0 Å². The molecular weight excluding hydrogens is 472 g/mol. The molecule has 0 fully saturated rings. The standard InChI is InChI=1S/C24H24N4O8/c1-35-23(33)17(25)9-19(29)27-11-3-5-13-15(7-11)22(32)16-8-12(4-6-14(16)21(13)31)28-20(30)10-18(26)24(34)36-2/h3-8,17-18H,9-10,25-26H2,1-2H3,(H,27,29)(H,28,30). The predicted octanol–water partition coefficient (Wildman–Crippen LogP) is 0.120. The van der Waals surface area contributed by atoms with Crippen LogP contribution in [0.2, 0.25) is 0 Å². The summed E-state index contributed by atoms with van der Waals surface area (Å²) < 4.78 is 8.97. The lowest BCUT2D eigenvalue weighted by Crippen LogP contribution is -2.35. The predicted molar refractivity (Wildman–Crippen MR) is 126 cm³/mol. The largest absolute Gasteiger partial charge is 0.468 e. The molecule has 2 amide bonds. The topological polar surface area (TPSA) is 197 Å². The summed E-state index contributed by atoms with van der Waals surface area (Å²) in [5.41, 5.74) is 12.0. The van der Waals surface area contributed by atoms with Gasteiger partial charge in [0.25, 0.3) is 0 Å². The van der Waals surface area contributed by atoms with E-state index in [0.29, 0.717) is 0 Å². The van der Waals surface area contributed by atoms with Gasteiger partial charge in [0, 0.05) is 33.6 Å². The number of anilines is 2. The van der Waals surface area contributed by atoms with E-state index in [9.17, 15) is 28.8 Å². The maximum absolute atomic E-state index is 13.2. The molecule has 6 N–H and O–H groups in total. The molecule has 0 heterocycles. The number of ketones is 2. The molecule has 0 saturated carbocycles. The zero-order valence-electron chi connectivity index (χ0n) is 19.5. The Kier molecular flexibility index (Phi) is 7.92. The van der Waals surface area contributed by atoms with Crippen molar-refractivity contribution in [3.63, 3.8) is 0 Å². The molecule has 0 bridgehead atoms.